The quantitative estimate of drug-likeness (QED) is 0.735. The second-order valence-corrected chi connectivity index (χ2v) is 6.51. The number of carbonyl (C=O) groups is 2. The SMILES string of the molecule is CCCNC(=O)NC(=O)CSc1nccn1-c1ccc(Br)cc1. The van der Waals surface area contributed by atoms with E-state index in [4.69, 9.17) is 0 Å². The molecule has 1 heterocycles. The maximum atomic E-state index is 11.8. The first-order chi connectivity index (χ1) is 11.1. The van der Waals surface area contributed by atoms with E-state index in [0.717, 1.165) is 16.6 Å². The first kappa shape index (κ1) is 17.6. The molecule has 1 aromatic heterocycles. The normalized spacial score (nSPS) is 10.3. The van der Waals surface area contributed by atoms with E-state index in [1.807, 2.05) is 42.0 Å². The van der Waals surface area contributed by atoms with Gasteiger partial charge < -0.3 is 5.32 Å². The van der Waals surface area contributed by atoms with Crippen molar-refractivity contribution in [2.24, 2.45) is 0 Å². The highest BCUT2D eigenvalue weighted by molar-refractivity contribution is 9.10. The third kappa shape index (κ3) is 5.40. The second kappa shape index (κ2) is 8.73. The summed E-state index contributed by atoms with van der Waals surface area (Å²) in [5, 5.41) is 5.58. The number of nitrogens with zero attached hydrogens (tertiary/aromatic N) is 2. The molecule has 6 nitrogen and oxygen atoms in total. The van der Waals surface area contributed by atoms with Crippen molar-refractivity contribution in [1.29, 1.82) is 0 Å². The van der Waals surface area contributed by atoms with Gasteiger partial charge in [-0.3, -0.25) is 14.7 Å². The first-order valence-electron chi connectivity index (χ1n) is 7.10. The van der Waals surface area contributed by atoms with E-state index in [0.29, 0.717) is 11.7 Å². The lowest BCUT2D eigenvalue weighted by atomic mass is 10.3. The standard InChI is InChI=1S/C15H17BrN4O2S/c1-2-7-17-14(22)19-13(21)10-23-15-18-8-9-20(15)12-5-3-11(16)4-6-12/h3-6,8-9H,2,7,10H2,1H3,(H2,17,19,21,22). The minimum atomic E-state index is -0.464. The van der Waals surface area contributed by atoms with E-state index >= 15 is 0 Å². The average Bonchev–Trinajstić information content (AvgIpc) is 3.00. The molecule has 0 saturated carbocycles. The maximum absolute atomic E-state index is 11.8. The van der Waals surface area contributed by atoms with Crippen molar-refractivity contribution < 1.29 is 9.59 Å². The van der Waals surface area contributed by atoms with E-state index in [2.05, 4.69) is 31.5 Å². The summed E-state index contributed by atoms with van der Waals surface area (Å²) < 4.78 is 2.88. The van der Waals surface area contributed by atoms with Crippen LogP contribution in [0, 0.1) is 0 Å². The van der Waals surface area contributed by atoms with E-state index in [-0.39, 0.29) is 11.7 Å². The molecule has 0 fully saturated rings. The molecule has 0 bridgehead atoms. The molecule has 8 heteroatoms. The molecule has 2 N–H and O–H groups in total. The lowest BCUT2D eigenvalue weighted by Gasteiger charge is -2.08. The Morgan fingerprint density at radius 3 is 2.74 bits per heavy atom. The average molecular weight is 397 g/mol. The summed E-state index contributed by atoms with van der Waals surface area (Å²) >= 11 is 4.67. The molecule has 2 aromatic rings. The highest BCUT2D eigenvalue weighted by atomic mass is 79.9. The van der Waals surface area contributed by atoms with E-state index in [1.165, 1.54) is 11.8 Å². The van der Waals surface area contributed by atoms with Crippen molar-refractivity contribution in [3.63, 3.8) is 0 Å². The molecule has 0 saturated heterocycles. The zero-order valence-electron chi connectivity index (χ0n) is 12.6. The number of carbonyl (C=O) groups excluding carboxylic acids is 2. The van der Waals surface area contributed by atoms with Gasteiger partial charge in [0.2, 0.25) is 5.91 Å². The van der Waals surface area contributed by atoms with Crippen LogP contribution in [0.4, 0.5) is 4.79 Å². The monoisotopic (exact) mass is 396 g/mol. The number of benzene rings is 1. The van der Waals surface area contributed by atoms with Gasteiger partial charge in [-0.1, -0.05) is 34.6 Å². The third-order valence-corrected chi connectivity index (χ3v) is 4.33. The summed E-state index contributed by atoms with van der Waals surface area (Å²) in [6.45, 7) is 2.49. The van der Waals surface area contributed by atoms with Gasteiger partial charge in [-0.2, -0.15) is 0 Å². The number of hydrogen-bond donors (Lipinski definition) is 2. The molecule has 0 aliphatic heterocycles. The number of imide groups is 1. The fourth-order valence-electron chi connectivity index (χ4n) is 1.77. The topological polar surface area (TPSA) is 76.0 Å². The molecule has 3 amide bonds. The Hall–Kier alpha value is -1.80. The Morgan fingerprint density at radius 2 is 2.04 bits per heavy atom. The van der Waals surface area contributed by atoms with Crippen molar-refractivity contribution in [3.05, 3.63) is 41.1 Å². The smallest absolute Gasteiger partial charge is 0.321 e. The number of aromatic nitrogens is 2. The van der Waals surface area contributed by atoms with Gasteiger partial charge in [0.15, 0.2) is 5.16 Å². The Balaban J connectivity index is 1.92. The molecule has 0 aliphatic rings. The van der Waals surface area contributed by atoms with Crippen LogP contribution in [0.2, 0.25) is 0 Å². The number of amides is 3. The number of urea groups is 1. The second-order valence-electron chi connectivity index (χ2n) is 4.65. The van der Waals surface area contributed by atoms with Gasteiger partial charge in [-0.25, -0.2) is 9.78 Å². The van der Waals surface area contributed by atoms with Crippen LogP contribution < -0.4 is 10.6 Å². The molecular formula is C15H17BrN4O2S. The summed E-state index contributed by atoms with van der Waals surface area (Å²) in [6, 6.07) is 7.32. The molecule has 0 atom stereocenters. The lowest BCUT2D eigenvalue weighted by molar-refractivity contribution is -0.117. The van der Waals surface area contributed by atoms with E-state index in [1.54, 1.807) is 6.20 Å². The van der Waals surface area contributed by atoms with E-state index in [9.17, 15) is 9.59 Å². The summed E-state index contributed by atoms with van der Waals surface area (Å²) in [7, 11) is 0. The number of nitrogens with one attached hydrogen (secondary N) is 2. The number of rotatable bonds is 6. The Kier molecular flexibility index (Phi) is 6.66. The van der Waals surface area contributed by atoms with Crippen LogP contribution in [0.1, 0.15) is 13.3 Å². The van der Waals surface area contributed by atoms with Crippen LogP contribution in [-0.4, -0.2) is 33.8 Å². The Labute approximate surface area is 147 Å². The molecule has 2 rings (SSSR count). The molecule has 0 radical (unpaired) electrons. The molecule has 0 spiro atoms. The van der Waals surface area contributed by atoms with Gasteiger partial charge >= 0.3 is 6.03 Å². The minimum absolute atomic E-state index is 0.118. The zero-order valence-corrected chi connectivity index (χ0v) is 15.0. The summed E-state index contributed by atoms with van der Waals surface area (Å²) in [6.07, 6.45) is 4.33. The van der Waals surface area contributed by atoms with Crippen molar-refractivity contribution in [3.8, 4) is 5.69 Å². The molecule has 0 aliphatic carbocycles. The maximum Gasteiger partial charge on any atom is 0.321 e. The molecule has 0 unspecified atom stereocenters. The molecular weight excluding hydrogens is 380 g/mol. The van der Waals surface area contributed by atoms with Gasteiger partial charge in [-0.15, -0.1) is 0 Å². The predicted octanol–water partition coefficient (Wildman–Crippen LogP) is 2.96. The molecule has 1 aromatic carbocycles. The highest BCUT2D eigenvalue weighted by Crippen LogP contribution is 2.21. The van der Waals surface area contributed by atoms with Crippen LogP contribution in [0.3, 0.4) is 0 Å². The summed E-state index contributed by atoms with van der Waals surface area (Å²) in [5.41, 5.74) is 0.953. The van der Waals surface area contributed by atoms with Crippen molar-refractivity contribution in [2.75, 3.05) is 12.3 Å². The van der Waals surface area contributed by atoms with Gasteiger partial charge in [0, 0.05) is 29.1 Å². The predicted molar refractivity (Wildman–Crippen MR) is 93.8 cm³/mol. The van der Waals surface area contributed by atoms with Gasteiger partial charge in [0.1, 0.15) is 0 Å². The minimum Gasteiger partial charge on any atom is -0.338 e. The summed E-state index contributed by atoms with van der Waals surface area (Å²) in [5.74, 6) is -0.235. The van der Waals surface area contributed by atoms with Crippen LogP contribution >= 0.6 is 27.7 Å². The number of halogens is 1. The van der Waals surface area contributed by atoms with Crippen molar-refractivity contribution >= 4 is 39.6 Å². The first-order valence-corrected chi connectivity index (χ1v) is 8.87. The van der Waals surface area contributed by atoms with Crippen LogP contribution in [0.15, 0.2) is 46.3 Å². The Morgan fingerprint density at radius 1 is 1.30 bits per heavy atom. The van der Waals surface area contributed by atoms with Crippen LogP contribution in [0.5, 0.6) is 0 Å². The Bertz CT molecular complexity index is 672. The van der Waals surface area contributed by atoms with Crippen molar-refractivity contribution in [1.82, 2.24) is 20.2 Å². The fourth-order valence-corrected chi connectivity index (χ4v) is 2.81. The molecule has 122 valence electrons. The van der Waals surface area contributed by atoms with Crippen molar-refractivity contribution in [2.45, 2.75) is 18.5 Å². The fraction of sp³-hybridized carbons (Fsp3) is 0.267. The zero-order chi connectivity index (χ0) is 16.7. The van der Waals surface area contributed by atoms with Gasteiger partial charge in [-0.05, 0) is 30.7 Å². The van der Waals surface area contributed by atoms with Gasteiger partial charge in [0.05, 0.1) is 5.75 Å². The number of imidazole rings is 1. The lowest BCUT2D eigenvalue weighted by Crippen LogP contribution is -2.40. The highest BCUT2D eigenvalue weighted by Gasteiger charge is 2.11. The molecule has 23 heavy (non-hydrogen) atoms. The van der Waals surface area contributed by atoms with E-state index < -0.39 is 6.03 Å². The number of thioether (sulfide) groups is 1. The van der Waals surface area contributed by atoms with Gasteiger partial charge in [0.25, 0.3) is 0 Å². The summed E-state index contributed by atoms with van der Waals surface area (Å²) in [4.78, 5) is 27.4. The number of hydrogen-bond acceptors (Lipinski definition) is 4. The third-order valence-electron chi connectivity index (χ3n) is 2.83. The largest absolute Gasteiger partial charge is 0.338 e. The van der Waals surface area contributed by atoms with Crippen LogP contribution in [0.25, 0.3) is 5.69 Å². The van der Waals surface area contributed by atoms with Crippen LogP contribution in [-0.2, 0) is 4.79 Å².